The van der Waals surface area contributed by atoms with Crippen LogP contribution in [0.25, 0.3) is 0 Å². The molecule has 1 aliphatic heterocycles. The van der Waals surface area contributed by atoms with Gasteiger partial charge in [-0.25, -0.2) is 18.2 Å². The molecule has 30 heavy (non-hydrogen) atoms. The minimum absolute atomic E-state index is 0.0929. The summed E-state index contributed by atoms with van der Waals surface area (Å²) in [6.45, 7) is 4.19. The van der Waals surface area contributed by atoms with Crippen LogP contribution >= 0.6 is 23.3 Å². The summed E-state index contributed by atoms with van der Waals surface area (Å²) in [6, 6.07) is 7.55. The molecule has 0 saturated carbocycles. The Morgan fingerprint density at radius 1 is 1.17 bits per heavy atom. The average Bonchev–Trinajstić information content (AvgIpc) is 3.18. The van der Waals surface area contributed by atoms with Crippen molar-refractivity contribution in [2.45, 2.75) is 30.8 Å². The fourth-order valence-electron chi connectivity index (χ4n) is 3.39. The van der Waals surface area contributed by atoms with E-state index < -0.39 is 11.6 Å². The number of rotatable bonds is 8. The highest BCUT2D eigenvalue weighted by Gasteiger charge is 2.24. The highest BCUT2D eigenvalue weighted by atomic mass is 32.2. The van der Waals surface area contributed by atoms with Crippen molar-refractivity contribution in [1.29, 1.82) is 0 Å². The monoisotopic (exact) mass is 450 g/mol. The molecule has 1 aromatic heterocycles. The number of thiazole rings is 1. The van der Waals surface area contributed by atoms with Crippen LogP contribution in [0.2, 0.25) is 0 Å². The molecule has 4 nitrogen and oxygen atoms in total. The molecule has 9 heteroatoms. The predicted octanol–water partition coefficient (Wildman–Crippen LogP) is 6.06. The fraction of sp³-hybridized carbons (Fsp3) is 0.286. The Kier molecular flexibility index (Phi) is 6.50. The van der Waals surface area contributed by atoms with Crippen LogP contribution < -0.4 is 10.0 Å². The maximum absolute atomic E-state index is 14.5. The molecular weight excluding hydrogens is 429 g/mol. The van der Waals surface area contributed by atoms with Crippen molar-refractivity contribution in [3.8, 4) is 0 Å². The van der Waals surface area contributed by atoms with E-state index in [0.717, 1.165) is 37.0 Å². The molecular formula is C21H21F3N4S2. The summed E-state index contributed by atoms with van der Waals surface area (Å²) in [7, 11) is 0. The normalized spacial score (nSPS) is 14.9. The molecule has 1 fully saturated rings. The molecule has 2 aromatic carbocycles. The van der Waals surface area contributed by atoms with Crippen LogP contribution in [0, 0.1) is 17.5 Å². The summed E-state index contributed by atoms with van der Waals surface area (Å²) in [5.41, 5.74) is 3.29. The molecule has 2 N–H and O–H groups in total. The SMILES string of the molecule is CC(c1cccc(F)c1CNc1cc(F)c(SNc2cscn2)c(F)c1)N1CCC1. The number of hydrogen-bond acceptors (Lipinski definition) is 6. The Bertz CT molecular complexity index is 986. The number of aromatic nitrogens is 1. The first kappa shape index (κ1) is 21.0. The Labute approximate surface area is 181 Å². The van der Waals surface area contributed by atoms with Gasteiger partial charge in [-0.1, -0.05) is 12.1 Å². The summed E-state index contributed by atoms with van der Waals surface area (Å²) in [5, 5.41) is 4.71. The number of likely N-dealkylation sites (tertiary alicyclic amines) is 1. The number of nitrogens with one attached hydrogen (secondary N) is 2. The standard InChI is InChI=1S/C21H21F3N4S2/c1-13(28-6-3-7-28)15-4-2-5-17(22)16(15)10-25-14-8-18(23)21(19(24)9-14)30-27-20-11-29-12-26-20/h2,4-5,8-9,11-13,25,27H,3,6-7,10H2,1H3. The van der Waals surface area contributed by atoms with Crippen molar-refractivity contribution in [2.75, 3.05) is 23.1 Å². The third-order valence-electron chi connectivity index (χ3n) is 5.20. The van der Waals surface area contributed by atoms with Gasteiger partial charge in [0.2, 0.25) is 0 Å². The summed E-state index contributed by atoms with van der Waals surface area (Å²) >= 11 is 2.21. The number of hydrogen-bond donors (Lipinski definition) is 2. The van der Waals surface area contributed by atoms with Crippen LogP contribution in [0.4, 0.5) is 24.7 Å². The molecule has 0 bridgehead atoms. The molecule has 4 rings (SSSR count). The van der Waals surface area contributed by atoms with Crippen LogP contribution in [0.3, 0.4) is 0 Å². The molecule has 1 saturated heterocycles. The third-order valence-corrected chi connectivity index (χ3v) is 6.69. The van der Waals surface area contributed by atoms with E-state index in [9.17, 15) is 13.2 Å². The second kappa shape index (κ2) is 9.28. The van der Waals surface area contributed by atoms with Gasteiger partial charge in [0.25, 0.3) is 0 Å². The number of nitrogens with zero attached hydrogens (tertiary/aromatic N) is 2. The second-order valence-electron chi connectivity index (χ2n) is 7.07. The molecule has 2 heterocycles. The van der Waals surface area contributed by atoms with Gasteiger partial charge in [0, 0.05) is 29.2 Å². The van der Waals surface area contributed by atoms with Crippen LogP contribution in [0.15, 0.2) is 46.1 Å². The molecule has 1 unspecified atom stereocenters. The van der Waals surface area contributed by atoms with Gasteiger partial charge in [-0.2, -0.15) is 0 Å². The Morgan fingerprint density at radius 3 is 2.57 bits per heavy atom. The quantitative estimate of drug-likeness (QED) is 0.408. The zero-order valence-corrected chi connectivity index (χ0v) is 17.9. The largest absolute Gasteiger partial charge is 0.381 e. The first-order valence-corrected chi connectivity index (χ1v) is 11.3. The zero-order valence-electron chi connectivity index (χ0n) is 16.3. The second-order valence-corrected chi connectivity index (χ2v) is 8.61. The number of anilines is 2. The Balaban J connectivity index is 1.47. The van der Waals surface area contributed by atoms with Crippen molar-refractivity contribution in [2.24, 2.45) is 0 Å². The van der Waals surface area contributed by atoms with Crippen LogP contribution in [-0.2, 0) is 6.54 Å². The van der Waals surface area contributed by atoms with Gasteiger partial charge in [0.15, 0.2) is 0 Å². The molecule has 1 atom stereocenters. The fourth-order valence-corrected chi connectivity index (χ4v) is 4.58. The Morgan fingerprint density at radius 2 is 1.93 bits per heavy atom. The maximum atomic E-state index is 14.5. The first-order valence-electron chi connectivity index (χ1n) is 9.58. The summed E-state index contributed by atoms with van der Waals surface area (Å²) in [6.07, 6.45) is 1.15. The lowest BCUT2D eigenvalue weighted by Crippen LogP contribution is -2.39. The van der Waals surface area contributed by atoms with Gasteiger partial charge in [-0.05, 0) is 62.1 Å². The summed E-state index contributed by atoms with van der Waals surface area (Å²) in [4.78, 5) is 6.14. The first-order chi connectivity index (χ1) is 14.5. The van der Waals surface area contributed by atoms with Gasteiger partial charge in [0.05, 0.1) is 5.51 Å². The van der Waals surface area contributed by atoms with Crippen molar-refractivity contribution < 1.29 is 13.2 Å². The minimum atomic E-state index is -0.701. The van der Waals surface area contributed by atoms with E-state index in [2.05, 4.69) is 26.8 Å². The molecule has 1 aliphatic rings. The molecule has 0 amide bonds. The van der Waals surface area contributed by atoms with Crippen LogP contribution in [0.1, 0.15) is 30.5 Å². The van der Waals surface area contributed by atoms with E-state index in [4.69, 9.17) is 0 Å². The molecule has 0 spiro atoms. The number of benzene rings is 2. The summed E-state index contributed by atoms with van der Waals surface area (Å²) < 4.78 is 46.3. The minimum Gasteiger partial charge on any atom is -0.381 e. The maximum Gasteiger partial charge on any atom is 0.147 e. The smallest absolute Gasteiger partial charge is 0.147 e. The molecule has 0 radical (unpaired) electrons. The average molecular weight is 451 g/mol. The lowest BCUT2D eigenvalue weighted by atomic mass is 9.97. The van der Waals surface area contributed by atoms with Crippen molar-refractivity contribution in [1.82, 2.24) is 9.88 Å². The molecule has 158 valence electrons. The van der Waals surface area contributed by atoms with Gasteiger partial charge >= 0.3 is 0 Å². The number of halogens is 3. The molecule has 0 aliphatic carbocycles. The van der Waals surface area contributed by atoms with E-state index in [1.165, 1.54) is 29.5 Å². The summed E-state index contributed by atoms with van der Waals surface area (Å²) in [5.74, 6) is -1.19. The van der Waals surface area contributed by atoms with E-state index in [-0.39, 0.29) is 29.0 Å². The highest BCUT2D eigenvalue weighted by Crippen LogP contribution is 2.31. The van der Waals surface area contributed by atoms with E-state index in [0.29, 0.717) is 11.4 Å². The van der Waals surface area contributed by atoms with E-state index in [1.54, 1.807) is 17.0 Å². The van der Waals surface area contributed by atoms with E-state index in [1.807, 2.05) is 6.07 Å². The Hall–Kier alpha value is -2.23. The van der Waals surface area contributed by atoms with Crippen molar-refractivity contribution in [3.05, 3.63) is 69.8 Å². The van der Waals surface area contributed by atoms with Crippen LogP contribution in [-0.4, -0.2) is 23.0 Å². The topological polar surface area (TPSA) is 40.2 Å². The highest BCUT2D eigenvalue weighted by molar-refractivity contribution is 8.00. The predicted molar refractivity (Wildman–Crippen MR) is 116 cm³/mol. The lowest BCUT2D eigenvalue weighted by Gasteiger charge is -2.37. The van der Waals surface area contributed by atoms with E-state index >= 15 is 0 Å². The van der Waals surface area contributed by atoms with Gasteiger partial charge < -0.3 is 10.0 Å². The van der Waals surface area contributed by atoms with Crippen LogP contribution in [0.5, 0.6) is 0 Å². The zero-order chi connectivity index (χ0) is 21.1. The lowest BCUT2D eigenvalue weighted by molar-refractivity contribution is 0.128. The third kappa shape index (κ3) is 4.58. The van der Waals surface area contributed by atoms with Gasteiger partial charge in [-0.3, -0.25) is 4.90 Å². The van der Waals surface area contributed by atoms with Gasteiger partial charge in [0.1, 0.15) is 28.2 Å². The van der Waals surface area contributed by atoms with Crippen molar-refractivity contribution in [3.63, 3.8) is 0 Å². The van der Waals surface area contributed by atoms with Crippen molar-refractivity contribution >= 4 is 34.8 Å². The molecule has 3 aromatic rings. The van der Waals surface area contributed by atoms with Gasteiger partial charge in [-0.15, -0.1) is 11.3 Å².